The number of carboxylic acids is 1. The Labute approximate surface area is 101 Å². The number of aliphatic carboxylic acids is 1. The molecule has 0 aromatic carbocycles. The Hall–Kier alpha value is -1.10. The summed E-state index contributed by atoms with van der Waals surface area (Å²) < 4.78 is 5.28. The van der Waals surface area contributed by atoms with E-state index in [9.17, 15) is 9.59 Å². The highest BCUT2D eigenvalue weighted by Crippen LogP contribution is 2.32. The van der Waals surface area contributed by atoms with Gasteiger partial charge in [0.05, 0.1) is 5.92 Å². The smallest absolute Gasteiger partial charge is 0.323 e. The maximum absolute atomic E-state index is 11.8. The normalized spacial score (nSPS) is 29.8. The number of esters is 1. The second-order valence-corrected chi connectivity index (χ2v) is 5.77. The van der Waals surface area contributed by atoms with Gasteiger partial charge in [0.25, 0.3) is 0 Å². The lowest BCUT2D eigenvalue weighted by Gasteiger charge is -2.33. The van der Waals surface area contributed by atoms with Gasteiger partial charge in [-0.15, -0.1) is 0 Å². The van der Waals surface area contributed by atoms with Crippen LogP contribution >= 0.6 is 0 Å². The van der Waals surface area contributed by atoms with Crippen LogP contribution in [0.3, 0.4) is 0 Å². The van der Waals surface area contributed by atoms with Crippen molar-refractivity contribution in [1.29, 1.82) is 0 Å². The second-order valence-electron chi connectivity index (χ2n) is 5.77. The molecule has 5 heteroatoms. The van der Waals surface area contributed by atoms with Crippen LogP contribution in [-0.4, -0.2) is 28.2 Å². The van der Waals surface area contributed by atoms with E-state index in [1.807, 2.05) is 20.8 Å². The van der Waals surface area contributed by atoms with E-state index in [1.165, 1.54) is 0 Å². The highest BCUT2D eigenvalue weighted by atomic mass is 16.6. The molecule has 1 saturated carbocycles. The summed E-state index contributed by atoms with van der Waals surface area (Å²) in [7, 11) is 0. The van der Waals surface area contributed by atoms with Gasteiger partial charge in [-0.2, -0.15) is 0 Å². The number of carbonyl (C=O) groups excluding carboxylic acids is 1. The molecule has 0 spiro atoms. The Morgan fingerprint density at radius 2 is 1.76 bits per heavy atom. The van der Waals surface area contributed by atoms with Crippen LogP contribution in [0.2, 0.25) is 0 Å². The lowest BCUT2D eigenvalue weighted by molar-refractivity contribution is -0.163. The first-order valence-corrected chi connectivity index (χ1v) is 5.89. The van der Waals surface area contributed by atoms with Gasteiger partial charge in [-0.05, 0) is 46.5 Å². The van der Waals surface area contributed by atoms with Gasteiger partial charge in [-0.1, -0.05) is 0 Å². The molecule has 0 atom stereocenters. The molecule has 0 saturated heterocycles. The Balaban J connectivity index is 2.53. The molecule has 0 aromatic heterocycles. The average Bonchev–Trinajstić information content (AvgIpc) is 2.15. The molecule has 3 N–H and O–H groups in total. The number of nitrogens with two attached hydrogens (primary N) is 1. The molecule has 0 aromatic rings. The minimum atomic E-state index is -1.17. The van der Waals surface area contributed by atoms with Crippen LogP contribution < -0.4 is 5.73 Å². The molecule has 17 heavy (non-hydrogen) atoms. The lowest BCUT2D eigenvalue weighted by atomic mass is 9.77. The van der Waals surface area contributed by atoms with Crippen molar-refractivity contribution in [2.45, 2.75) is 57.6 Å². The van der Waals surface area contributed by atoms with E-state index in [2.05, 4.69) is 0 Å². The van der Waals surface area contributed by atoms with Crippen LogP contribution in [0.25, 0.3) is 0 Å². The Morgan fingerprint density at radius 3 is 2.12 bits per heavy atom. The Kier molecular flexibility index (Phi) is 3.81. The first-order chi connectivity index (χ1) is 7.64. The van der Waals surface area contributed by atoms with Crippen molar-refractivity contribution in [1.82, 2.24) is 0 Å². The van der Waals surface area contributed by atoms with Crippen molar-refractivity contribution >= 4 is 11.9 Å². The maximum atomic E-state index is 11.8. The summed E-state index contributed by atoms with van der Waals surface area (Å²) in [5, 5.41) is 8.97. The van der Waals surface area contributed by atoms with Crippen LogP contribution in [0.5, 0.6) is 0 Å². The highest BCUT2D eigenvalue weighted by molar-refractivity contribution is 5.79. The molecule has 98 valence electrons. The highest BCUT2D eigenvalue weighted by Gasteiger charge is 2.41. The number of ether oxygens (including phenoxy) is 1. The predicted octanol–water partition coefficient (Wildman–Crippen LogP) is 1.30. The van der Waals surface area contributed by atoms with Gasteiger partial charge in [0, 0.05) is 0 Å². The molecule has 0 unspecified atom stereocenters. The minimum absolute atomic E-state index is 0.217. The van der Waals surface area contributed by atoms with Crippen LogP contribution in [0.1, 0.15) is 46.5 Å². The fraction of sp³-hybridized carbons (Fsp3) is 0.833. The molecule has 0 bridgehead atoms. The monoisotopic (exact) mass is 243 g/mol. The molecular formula is C12H21NO4. The summed E-state index contributed by atoms with van der Waals surface area (Å²) in [6.07, 6.45) is 1.62. The lowest BCUT2D eigenvalue weighted by Crippen LogP contribution is -2.51. The van der Waals surface area contributed by atoms with E-state index in [-0.39, 0.29) is 11.9 Å². The average molecular weight is 243 g/mol. The quantitative estimate of drug-likeness (QED) is 0.713. The summed E-state index contributed by atoms with van der Waals surface area (Å²) in [5.74, 6) is -1.45. The Morgan fingerprint density at radius 1 is 1.29 bits per heavy atom. The van der Waals surface area contributed by atoms with Crippen molar-refractivity contribution < 1.29 is 19.4 Å². The van der Waals surface area contributed by atoms with E-state index >= 15 is 0 Å². The van der Waals surface area contributed by atoms with Gasteiger partial charge < -0.3 is 15.6 Å². The van der Waals surface area contributed by atoms with Gasteiger partial charge >= 0.3 is 11.9 Å². The largest absolute Gasteiger partial charge is 0.480 e. The van der Waals surface area contributed by atoms with E-state index in [1.54, 1.807) is 0 Å². The molecule has 1 aliphatic rings. The van der Waals surface area contributed by atoms with Crippen molar-refractivity contribution in [3.63, 3.8) is 0 Å². The SMILES string of the molecule is CC(C)(C)OC(=O)C1CCC(N)(C(=O)O)CC1. The van der Waals surface area contributed by atoms with Crippen LogP contribution in [0.4, 0.5) is 0 Å². The third-order valence-corrected chi connectivity index (χ3v) is 3.04. The fourth-order valence-corrected chi connectivity index (χ4v) is 1.97. The van der Waals surface area contributed by atoms with Gasteiger partial charge in [0.2, 0.25) is 0 Å². The first kappa shape index (κ1) is 14.0. The van der Waals surface area contributed by atoms with Crippen molar-refractivity contribution in [2.24, 2.45) is 11.7 Å². The number of carbonyl (C=O) groups is 2. The molecule has 1 rings (SSSR count). The Bertz CT molecular complexity index is 311. The van der Waals surface area contributed by atoms with E-state index in [4.69, 9.17) is 15.6 Å². The molecule has 0 heterocycles. The zero-order valence-corrected chi connectivity index (χ0v) is 10.7. The number of hydrogen-bond donors (Lipinski definition) is 2. The zero-order chi connectivity index (χ0) is 13.3. The zero-order valence-electron chi connectivity index (χ0n) is 10.7. The van der Waals surface area contributed by atoms with Crippen LogP contribution in [0.15, 0.2) is 0 Å². The van der Waals surface area contributed by atoms with E-state index in [0.29, 0.717) is 25.7 Å². The molecule has 1 fully saturated rings. The third kappa shape index (κ3) is 3.70. The van der Waals surface area contributed by atoms with Crippen LogP contribution in [0, 0.1) is 5.92 Å². The summed E-state index contributed by atoms with van der Waals surface area (Å²) in [4.78, 5) is 22.7. The number of hydrogen-bond acceptors (Lipinski definition) is 4. The van der Waals surface area contributed by atoms with Gasteiger partial charge in [-0.25, -0.2) is 0 Å². The standard InChI is InChI=1S/C12H21NO4/c1-11(2,3)17-9(14)8-4-6-12(13,7-5-8)10(15)16/h8H,4-7,13H2,1-3H3,(H,15,16). The summed E-state index contributed by atoms with van der Waals surface area (Å²) in [6, 6.07) is 0. The molecule has 0 amide bonds. The fourth-order valence-electron chi connectivity index (χ4n) is 1.97. The van der Waals surface area contributed by atoms with Gasteiger partial charge in [-0.3, -0.25) is 9.59 Å². The third-order valence-electron chi connectivity index (χ3n) is 3.04. The molecule has 0 aliphatic heterocycles. The summed E-state index contributed by atoms with van der Waals surface area (Å²) in [6.45, 7) is 5.45. The molecule has 0 radical (unpaired) electrons. The minimum Gasteiger partial charge on any atom is -0.480 e. The van der Waals surface area contributed by atoms with Crippen LogP contribution in [-0.2, 0) is 14.3 Å². The van der Waals surface area contributed by atoms with Crippen molar-refractivity contribution in [3.05, 3.63) is 0 Å². The maximum Gasteiger partial charge on any atom is 0.323 e. The second kappa shape index (κ2) is 4.64. The van der Waals surface area contributed by atoms with Gasteiger partial charge in [0.1, 0.15) is 11.1 Å². The predicted molar refractivity (Wildman–Crippen MR) is 62.4 cm³/mol. The molecule has 1 aliphatic carbocycles. The first-order valence-electron chi connectivity index (χ1n) is 5.89. The summed E-state index contributed by atoms with van der Waals surface area (Å²) in [5.41, 5.74) is 4.07. The van der Waals surface area contributed by atoms with Crippen molar-refractivity contribution in [2.75, 3.05) is 0 Å². The van der Waals surface area contributed by atoms with E-state index in [0.717, 1.165) is 0 Å². The molecular weight excluding hydrogens is 222 g/mol. The topological polar surface area (TPSA) is 89.6 Å². The number of rotatable bonds is 2. The van der Waals surface area contributed by atoms with E-state index < -0.39 is 17.1 Å². The molecule has 5 nitrogen and oxygen atoms in total. The van der Waals surface area contributed by atoms with Crippen molar-refractivity contribution in [3.8, 4) is 0 Å². The van der Waals surface area contributed by atoms with Gasteiger partial charge in [0.15, 0.2) is 0 Å². The number of carboxylic acid groups (broad SMARTS) is 1. The summed E-state index contributed by atoms with van der Waals surface area (Å²) >= 11 is 0.